The maximum absolute atomic E-state index is 12.8. The molecule has 4 fully saturated rings. The Morgan fingerprint density at radius 1 is 0.521 bits per heavy atom. The summed E-state index contributed by atoms with van der Waals surface area (Å²) in [5.41, 5.74) is 8.87. The number of carbonyl (C=O) groups excluding carboxylic acids is 10. The maximum atomic E-state index is 12.8. The first-order valence-electron chi connectivity index (χ1n) is 33.3. The Labute approximate surface area is 776 Å². The van der Waals surface area contributed by atoms with Gasteiger partial charge >= 0.3 is 200 Å². The van der Waals surface area contributed by atoms with Crippen molar-refractivity contribution in [2.24, 2.45) is 23.7 Å². The van der Waals surface area contributed by atoms with E-state index < -0.39 is 133 Å². The molecule has 28 nitrogen and oxygen atoms in total. The Morgan fingerprint density at radius 2 is 0.829 bits per heavy atom. The van der Waals surface area contributed by atoms with Crippen molar-refractivity contribution in [3.63, 3.8) is 0 Å². The van der Waals surface area contributed by atoms with Crippen LogP contribution < -0.4 is 119 Å². The molecule has 2 saturated carbocycles. The van der Waals surface area contributed by atoms with Crippen LogP contribution in [-0.2, 0) is 86.0 Å². The fourth-order valence-electron chi connectivity index (χ4n) is 9.89. The van der Waals surface area contributed by atoms with Crippen molar-refractivity contribution in [1.82, 2.24) is 0 Å². The van der Waals surface area contributed by atoms with Crippen LogP contribution in [0.15, 0.2) is 121 Å². The molecule has 6 unspecified atom stereocenters. The van der Waals surface area contributed by atoms with Gasteiger partial charge in [0.15, 0.2) is 0 Å². The molecule has 632 valence electrons. The molecule has 3 N–H and O–H groups in total. The number of nitrogens with zero attached hydrogens (tertiary/aromatic N) is 3. The van der Waals surface area contributed by atoms with Crippen LogP contribution in [-0.4, -0.2) is 162 Å². The summed E-state index contributed by atoms with van der Waals surface area (Å²) >= 11 is 1.10. The molecule has 2 heterocycles. The van der Waals surface area contributed by atoms with E-state index in [4.69, 9.17) is 52.9 Å². The second-order valence-electron chi connectivity index (χ2n) is 23.5. The van der Waals surface area contributed by atoms with Crippen LogP contribution in [0, 0.1) is 43.9 Å². The molecule has 2 radical (unpaired) electrons. The van der Waals surface area contributed by atoms with E-state index in [-0.39, 0.29) is 197 Å². The number of hydrogen-bond donors (Lipinski definition) is 2. The summed E-state index contributed by atoms with van der Waals surface area (Å²) in [7, 11) is 9.87. The number of benzene rings is 4. The van der Waals surface area contributed by atoms with Gasteiger partial charge in [0.05, 0.1) is 59.0 Å². The molecule has 8 rings (SSSR count). The van der Waals surface area contributed by atoms with Gasteiger partial charge in [0.25, 0.3) is 30.8 Å². The molecule has 2 amide bonds. The van der Waals surface area contributed by atoms with Gasteiger partial charge in [0.1, 0.15) is 12.2 Å². The summed E-state index contributed by atoms with van der Waals surface area (Å²) in [5, 5.41) is 37.5. The van der Waals surface area contributed by atoms with Crippen molar-refractivity contribution < 1.29 is 263 Å². The zero-order chi connectivity index (χ0) is 86.9. The van der Waals surface area contributed by atoms with Gasteiger partial charge in [0.2, 0.25) is 11.8 Å². The van der Waals surface area contributed by atoms with Gasteiger partial charge < -0.3 is 50.8 Å². The number of nitro groups is 2. The first-order valence-corrected chi connectivity index (χ1v) is 42.0. The summed E-state index contributed by atoms with van der Waals surface area (Å²) in [6.45, 7) is -0.336. The molecule has 2 saturated heterocycles. The summed E-state index contributed by atoms with van der Waals surface area (Å²) < 4.78 is 170. The van der Waals surface area contributed by atoms with Gasteiger partial charge in [0, 0.05) is 79.9 Å². The van der Waals surface area contributed by atoms with Crippen LogP contribution >= 0.6 is 40.4 Å². The number of ether oxygens (including phenoxy) is 6. The number of rotatable bonds is 27. The number of non-ortho nitro benzene ring substituents is 2. The molecule has 4 aromatic carbocycles. The minimum Gasteiger partial charge on any atom is -1.00 e. The molecule has 4 aromatic rings. The Morgan fingerprint density at radius 3 is 1.15 bits per heavy atom. The summed E-state index contributed by atoms with van der Waals surface area (Å²) in [6.07, 6.45) is -8.70. The van der Waals surface area contributed by atoms with Crippen molar-refractivity contribution in [3.05, 3.63) is 164 Å². The number of anilines is 2. The Bertz CT molecular complexity index is 3900. The number of nitrogen functional groups attached to an aromatic ring is 1. The number of esters is 5. The Hall–Kier alpha value is -6.49. The second kappa shape index (κ2) is 60.9. The van der Waals surface area contributed by atoms with Crippen molar-refractivity contribution in [3.8, 4) is 0 Å². The van der Waals surface area contributed by atoms with E-state index in [9.17, 15) is 121 Å². The minimum absolute atomic E-state index is 0. The summed E-state index contributed by atoms with van der Waals surface area (Å²) in [6, 6.07) is 24.1. The number of halogens is 15. The number of fused-ring (bicyclic) bond motifs is 2. The van der Waals surface area contributed by atoms with E-state index in [0.717, 1.165) is 28.7 Å². The fourth-order valence-corrected chi connectivity index (χ4v) is 10.3. The van der Waals surface area contributed by atoms with Gasteiger partial charge in [-0.25, -0.2) is 19.2 Å². The number of carboxylic acid groups (broad SMARTS) is 1. The Kier molecular flexibility index (Phi) is 58.6. The SMILES string of the molecule is FC(F)(F)CCCI.Nc1ccc(C=CC(=O)OCCCC(F)(F)F)cc1.O=C(C=Cc1ccc([N+](=O)[O-])cc1)OCCCC(F)(F)F.O=C(O)C=Cc1ccc([N+](=O)[O-])cc1.O=COC1CCC2C(=O)N(c3ccc(C=CC(=O)OCCCC(F)(F)F)cc3)C(=O)C2C1.O=COC1CCC2C(=O)OC(=O)C2C1.O=CO[O-].[Cl][Sn][Cl].[H-].[K+].[K+]. The maximum Gasteiger partial charge on any atom is 1.00 e. The van der Waals surface area contributed by atoms with Crippen LogP contribution in [0.3, 0.4) is 0 Å². The molecule has 46 heteroatoms. The molecule has 0 bridgehead atoms. The van der Waals surface area contributed by atoms with Crippen LogP contribution in [0.2, 0.25) is 0 Å². The third-order valence-corrected chi connectivity index (χ3v) is 15.9. The van der Waals surface area contributed by atoms with Crippen molar-refractivity contribution in [1.29, 1.82) is 0 Å². The van der Waals surface area contributed by atoms with Crippen LogP contribution in [0.1, 0.15) is 114 Å². The average molecular weight is 1990 g/mol. The topological polar surface area (TPSA) is 411 Å². The third kappa shape index (κ3) is 52.3. The largest absolute Gasteiger partial charge is 1.00 e. The molecular formula is C71H73Cl2F12IK2N4O24Sn. The summed E-state index contributed by atoms with van der Waals surface area (Å²) in [5.74, 6) is -6.43. The van der Waals surface area contributed by atoms with Crippen LogP contribution in [0.5, 0.6) is 0 Å². The molecule has 0 spiro atoms. The summed E-state index contributed by atoms with van der Waals surface area (Å²) in [4.78, 5) is 145. The third-order valence-electron chi connectivity index (χ3n) is 15.1. The van der Waals surface area contributed by atoms with E-state index in [1.54, 1.807) is 48.5 Å². The fraction of sp³-hybridized carbons (Fsp3) is 0.394. The van der Waals surface area contributed by atoms with E-state index in [1.165, 1.54) is 78.9 Å². The number of imide groups is 1. The molecule has 4 aliphatic rings. The van der Waals surface area contributed by atoms with Gasteiger partial charge in [-0.3, -0.25) is 58.7 Å². The molecule has 0 aromatic heterocycles. The van der Waals surface area contributed by atoms with Gasteiger partial charge in [-0.1, -0.05) is 46.9 Å². The number of carbonyl (C=O) groups is 11. The zero-order valence-electron chi connectivity index (χ0n) is 62.7. The van der Waals surface area contributed by atoms with Gasteiger partial charge in [-0.15, -0.1) is 0 Å². The number of nitrogens with two attached hydrogens (primary N) is 1. The first-order chi connectivity index (χ1) is 54.0. The monoisotopic (exact) mass is 1990 g/mol. The van der Waals surface area contributed by atoms with E-state index in [2.05, 4.69) is 19.1 Å². The van der Waals surface area contributed by atoms with Crippen molar-refractivity contribution in [2.45, 2.75) is 127 Å². The van der Waals surface area contributed by atoms with Crippen molar-refractivity contribution in [2.75, 3.05) is 34.9 Å². The minimum atomic E-state index is -4.29. The number of carboxylic acids is 1. The number of amides is 2. The smallest absolute Gasteiger partial charge is 1.00 e. The number of hydrogen-bond acceptors (Lipinski definition) is 24. The second-order valence-corrected chi connectivity index (χ2v) is 28.8. The zero-order valence-corrected chi connectivity index (χ0v) is 74.5. The number of aliphatic carboxylic acids is 1. The van der Waals surface area contributed by atoms with E-state index in [0.29, 0.717) is 84.0 Å². The van der Waals surface area contributed by atoms with Gasteiger partial charge in [-0.2, -0.15) is 52.7 Å². The van der Waals surface area contributed by atoms with E-state index in [1.807, 2.05) is 22.6 Å². The average Bonchev–Trinajstić information content (AvgIpc) is 1.62. The number of cyclic esters (lactones) is 2. The quantitative estimate of drug-likeness (QED) is 0.00450. The standard InChI is InChI=1S/C22H22F3NO6.C13H12F3NO4.C13H14F3NO2.C9H7NO4.C9H10O5.C4H6F3I.CH2O3.2ClH.2K.Sn.H/c23-22(24,25)10-1-11-31-19(28)9-4-14-2-5-15(6-3-14)26-20(29)17-8-7-16(32-13-27)12-18(17)21(26)30;14-13(15,16)8-1-9-21-12(18)7-4-10-2-5-11(6-3-10)17(19)20;14-13(15,16)8-1-9-19-12(18)7-4-10-2-5-11(17)6-3-10;11-9(12)6-3-7-1-4-8(5-2-7)10(13)14;10-4-13-5-1-2-6-7(3-5)9(12)14-8(6)11;5-4(6,7)2-1-3-8;2-1-4-3;;;;;;/h2-6,9,13,16-18H,1,7-8,10-12H2;2-7H,1,8-9H2;2-7H,1,8-9,17H2;1-6H,(H,11,12);4-7H,1-3H2;1-3H2;1,3H;2*1H;;;;/q;;;;;;;;;2*+1;+2;-1/p-3. The van der Waals surface area contributed by atoms with Crippen LogP contribution in [0.4, 0.5) is 75.4 Å². The normalized spacial score (nSPS) is 17.1. The molecule has 117 heavy (non-hydrogen) atoms. The van der Waals surface area contributed by atoms with Gasteiger partial charge in [-0.05, 0) is 164 Å². The first kappa shape index (κ1) is 113. The molecular weight excluding hydrogens is 1920 g/mol. The molecule has 2 aliphatic heterocycles. The predicted octanol–water partition coefficient (Wildman–Crippen LogP) is 8.12. The molecule has 6 atom stereocenters. The number of nitro benzene ring substituents is 2. The molecule has 2 aliphatic carbocycles. The van der Waals surface area contributed by atoms with E-state index >= 15 is 0 Å². The predicted molar refractivity (Wildman–Crippen MR) is 393 cm³/mol. The number of alkyl halides is 13. The van der Waals surface area contributed by atoms with Crippen molar-refractivity contribution >= 4 is 173 Å². The Balaban J connectivity index is -0.00000137. The van der Waals surface area contributed by atoms with Crippen LogP contribution in [0.25, 0.3) is 24.3 Å².